The molecule has 1 N–H and O–H groups in total. The maximum absolute atomic E-state index is 11.1. The Kier molecular flexibility index (Phi) is 2.90. The zero-order valence-corrected chi connectivity index (χ0v) is 7.73. The summed E-state index contributed by atoms with van der Waals surface area (Å²) in [5, 5.41) is 2.99. The highest BCUT2D eigenvalue weighted by molar-refractivity contribution is 5.87. The number of amides is 1. The lowest BCUT2D eigenvalue weighted by Crippen LogP contribution is -2.46. The van der Waals surface area contributed by atoms with Gasteiger partial charge in [-0.15, -0.1) is 0 Å². The van der Waals surface area contributed by atoms with Gasteiger partial charge in [-0.05, 0) is 25.8 Å². The Morgan fingerprint density at radius 3 is 2.50 bits per heavy atom. The zero-order valence-electron chi connectivity index (χ0n) is 7.73. The van der Waals surface area contributed by atoms with Gasteiger partial charge in [0.05, 0.1) is 0 Å². The van der Waals surface area contributed by atoms with E-state index >= 15 is 0 Å². The predicted molar refractivity (Wildman–Crippen MR) is 49.8 cm³/mol. The first-order valence-corrected chi connectivity index (χ1v) is 4.61. The number of nitrogens with one attached hydrogen (secondary N) is 1. The van der Waals surface area contributed by atoms with Crippen LogP contribution in [-0.2, 0) is 4.79 Å². The van der Waals surface area contributed by atoms with Gasteiger partial charge in [0.15, 0.2) is 0 Å². The minimum atomic E-state index is -0.0422. The Labute approximate surface area is 74.0 Å². The summed E-state index contributed by atoms with van der Waals surface area (Å²) in [4.78, 5) is 11.1. The molecule has 0 heterocycles. The van der Waals surface area contributed by atoms with E-state index in [2.05, 4.69) is 18.8 Å². The summed E-state index contributed by atoms with van der Waals surface area (Å²) in [6.45, 7) is 5.56. The molecule has 0 bridgehead atoms. The number of hydrogen-bond acceptors (Lipinski definition) is 1. The molecule has 12 heavy (non-hydrogen) atoms. The van der Waals surface area contributed by atoms with Gasteiger partial charge in [0.25, 0.3) is 0 Å². The van der Waals surface area contributed by atoms with Gasteiger partial charge < -0.3 is 5.32 Å². The van der Waals surface area contributed by atoms with Crippen LogP contribution in [0.25, 0.3) is 0 Å². The fourth-order valence-electron chi connectivity index (χ4n) is 1.81. The summed E-state index contributed by atoms with van der Waals surface area (Å²) >= 11 is 0. The summed E-state index contributed by atoms with van der Waals surface area (Å²) in [7, 11) is 0. The monoisotopic (exact) mass is 167 g/mol. The Balaban J connectivity index is 2.46. The smallest absolute Gasteiger partial charge is 0.243 e. The molecule has 0 unspecified atom stereocenters. The van der Waals surface area contributed by atoms with E-state index in [0.29, 0.717) is 0 Å². The summed E-state index contributed by atoms with van der Waals surface area (Å²) in [6.07, 6.45) is 7.32. The van der Waals surface area contributed by atoms with Crippen LogP contribution in [0, 0.1) is 0 Å². The van der Waals surface area contributed by atoms with Crippen molar-refractivity contribution in [3.8, 4) is 0 Å². The maximum atomic E-state index is 11.1. The van der Waals surface area contributed by atoms with Crippen LogP contribution in [0.4, 0.5) is 0 Å². The molecule has 1 saturated carbocycles. The van der Waals surface area contributed by atoms with Crippen molar-refractivity contribution >= 4 is 5.91 Å². The third kappa shape index (κ3) is 2.36. The molecule has 2 nitrogen and oxygen atoms in total. The van der Waals surface area contributed by atoms with Crippen LogP contribution in [-0.4, -0.2) is 11.4 Å². The molecule has 2 heteroatoms. The zero-order chi connectivity index (χ0) is 9.03. The SMILES string of the molecule is C=CC(=O)NC1(C)CCCCC1. The van der Waals surface area contributed by atoms with Crippen LogP contribution in [0.3, 0.4) is 0 Å². The molecule has 1 fully saturated rings. The van der Waals surface area contributed by atoms with Crippen molar-refractivity contribution in [3.05, 3.63) is 12.7 Å². The van der Waals surface area contributed by atoms with Crippen LogP contribution >= 0.6 is 0 Å². The van der Waals surface area contributed by atoms with Gasteiger partial charge in [-0.3, -0.25) is 4.79 Å². The summed E-state index contributed by atoms with van der Waals surface area (Å²) in [6, 6.07) is 0. The largest absolute Gasteiger partial charge is 0.347 e. The second-order valence-corrected chi connectivity index (χ2v) is 3.81. The second kappa shape index (κ2) is 3.74. The molecule has 1 rings (SSSR count). The fraction of sp³-hybridized carbons (Fsp3) is 0.700. The molecular weight excluding hydrogens is 150 g/mol. The van der Waals surface area contributed by atoms with E-state index in [9.17, 15) is 4.79 Å². The minimum Gasteiger partial charge on any atom is -0.347 e. The Bertz CT molecular complexity index is 180. The Morgan fingerprint density at radius 1 is 1.42 bits per heavy atom. The van der Waals surface area contributed by atoms with E-state index in [-0.39, 0.29) is 11.4 Å². The summed E-state index contributed by atoms with van der Waals surface area (Å²) in [5.41, 5.74) is 0.0313. The number of rotatable bonds is 2. The second-order valence-electron chi connectivity index (χ2n) is 3.81. The van der Waals surface area contributed by atoms with Crippen LogP contribution < -0.4 is 5.32 Å². The lowest BCUT2D eigenvalue weighted by Gasteiger charge is -2.34. The van der Waals surface area contributed by atoms with Gasteiger partial charge in [0, 0.05) is 5.54 Å². The highest BCUT2D eigenvalue weighted by Gasteiger charge is 2.27. The van der Waals surface area contributed by atoms with Crippen molar-refractivity contribution in [3.63, 3.8) is 0 Å². The average molecular weight is 167 g/mol. The molecule has 0 aromatic rings. The van der Waals surface area contributed by atoms with Gasteiger partial charge in [0.1, 0.15) is 0 Å². The quantitative estimate of drug-likeness (QED) is 0.626. The number of hydrogen-bond donors (Lipinski definition) is 1. The molecule has 68 valence electrons. The van der Waals surface area contributed by atoms with Crippen molar-refractivity contribution in [2.45, 2.75) is 44.6 Å². The fourth-order valence-corrected chi connectivity index (χ4v) is 1.81. The molecule has 0 spiro atoms. The van der Waals surface area contributed by atoms with Crippen molar-refractivity contribution < 1.29 is 4.79 Å². The lowest BCUT2D eigenvalue weighted by molar-refractivity contribution is -0.118. The Hall–Kier alpha value is -0.790. The van der Waals surface area contributed by atoms with Gasteiger partial charge in [0.2, 0.25) is 5.91 Å². The molecule has 1 aliphatic rings. The van der Waals surface area contributed by atoms with E-state index < -0.39 is 0 Å². The lowest BCUT2D eigenvalue weighted by atomic mass is 9.83. The minimum absolute atomic E-state index is 0.0313. The van der Waals surface area contributed by atoms with Crippen LogP contribution in [0.5, 0.6) is 0 Å². The topological polar surface area (TPSA) is 29.1 Å². The highest BCUT2D eigenvalue weighted by atomic mass is 16.1. The summed E-state index contributed by atoms with van der Waals surface area (Å²) in [5.74, 6) is -0.0422. The molecule has 0 aliphatic heterocycles. The van der Waals surface area contributed by atoms with Crippen molar-refractivity contribution in [2.24, 2.45) is 0 Å². The van der Waals surface area contributed by atoms with E-state index in [0.717, 1.165) is 12.8 Å². The maximum Gasteiger partial charge on any atom is 0.243 e. The first-order chi connectivity index (χ1) is 5.66. The molecule has 0 radical (unpaired) electrons. The van der Waals surface area contributed by atoms with Crippen molar-refractivity contribution in [2.75, 3.05) is 0 Å². The number of carbonyl (C=O) groups is 1. The molecular formula is C10H17NO. The molecule has 1 amide bonds. The molecule has 0 aromatic heterocycles. The van der Waals surface area contributed by atoms with Crippen LogP contribution in [0.15, 0.2) is 12.7 Å². The third-order valence-electron chi connectivity index (χ3n) is 2.57. The standard InChI is InChI=1S/C10H17NO/c1-3-9(12)11-10(2)7-5-4-6-8-10/h3H,1,4-8H2,2H3,(H,11,12). The normalized spacial score (nSPS) is 21.4. The predicted octanol–water partition coefficient (Wildman–Crippen LogP) is 2.01. The first-order valence-electron chi connectivity index (χ1n) is 4.61. The van der Waals surface area contributed by atoms with Crippen molar-refractivity contribution in [1.82, 2.24) is 5.32 Å². The Morgan fingerprint density at radius 2 is 2.00 bits per heavy atom. The molecule has 0 atom stereocenters. The van der Waals surface area contributed by atoms with Crippen LogP contribution in [0.2, 0.25) is 0 Å². The van der Waals surface area contributed by atoms with E-state index in [4.69, 9.17) is 0 Å². The average Bonchev–Trinajstić information content (AvgIpc) is 2.05. The van der Waals surface area contributed by atoms with E-state index in [1.54, 1.807) is 0 Å². The van der Waals surface area contributed by atoms with Crippen molar-refractivity contribution in [1.29, 1.82) is 0 Å². The first kappa shape index (κ1) is 9.30. The third-order valence-corrected chi connectivity index (χ3v) is 2.57. The highest BCUT2D eigenvalue weighted by Crippen LogP contribution is 2.27. The number of carbonyl (C=O) groups excluding carboxylic acids is 1. The van der Waals surface area contributed by atoms with E-state index in [1.807, 2.05) is 0 Å². The van der Waals surface area contributed by atoms with Gasteiger partial charge in [-0.1, -0.05) is 25.8 Å². The summed E-state index contributed by atoms with van der Waals surface area (Å²) < 4.78 is 0. The van der Waals surface area contributed by atoms with Crippen LogP contribution in [0.1, 0.15) is 39.0 Å². The van der Waals surface area contributed by atoms with E-state index in [1.165, 1.54) is 25.3 Å². The molecule has 1 aliphatic carbocycles. The van der Waals surface area contributed by atoms with Gasteiger partial charge in [-0.25, -0.2) is 0 Å². The van der Waals surface area contributed by atoms with Gasteiger partial charge in [-0.2, -0.15) is 0 Å². The molecule has 0 aromatic carbocycles. The van der Waals surface area contributed by atoms with Gasteiger partial charge >= 0.3 is 0 Å². The molecule has 0 saturated heterocycles.